The van der Waals surface area contributed by atoms with Crippen molar-refractivity contribution in [1.29, 1.82) is 0 Å². The third-order valence-corrected chi connectivity index (χ3v) is 6.28. The second kappa shape index (κ2) is 9.95. The number of halogens is 1. The van der Waals surface area contributed by atoms with Crippen LogP contribution in [-0.2, 0) is 9.59 Å². The quantitative estimate of drug-likeness (QED) is 0.349. The van der Waals surface area contributed by atoms with Crippen molar-refractivity contribution in [3.63, 3.8) is 0 Å². The Morgan fingerprint density at radius 1 is 1.21 bits per heavy atom. The summed E-state index contributed by atoms with van der Waals surface area (Å²) < 4.78 is 13.7. The Bertz CT molecular complexity index is 897. The van der Waals surface area contributed by atoms with Gasteiger partial charge < -0.3 is 5.32 Å². The van der Waals surface area contributed by atoms with E-state index < -0.39 is 0 Å². The van der Waals surface area contributed by atoms with E-state index in [1.54, 1.807) is 28.4 Å². The number of hydrogen-bond acceptors (Lipinski definition) is 5. The maximum absolute atomic E-state index is 13.1. The number of amides is 2. The lowest BCUT2D eigenvalue weighted by molar-refractivity contribution is -0.122. The molecule has 1 aromatic heterocycles. The first-order valence-electron chi connectivity index (χ1n) is 8.87. The van der Waals surface area contributed by atoms with Crippen molar-refractivity contribution in [2.24, 2.45) is 0 Å². The first-order valence-corrected chi connectivity index (χ1v) is 11.0. The molecule has 146 valence electrons. The monoisotopic (exact) mass is 434 g/mol. The average molecular weight is 435 g/mol. The Kier molecular flexibility index (Phi) is 7.36. The Balaban J connectivity index is 1.38. The molecule has 0 unspecified atom stereocenters. The summed E-state index contributed by atoms with van der Waals surface area (Å²) in [6.45, 7) is 0.554. The highest BCUT2D eigenvalue weighted by Gasteiger charge is 2.31. The van der Waals surface area contributed by atoms with Gasteiger partial charge >= 0.3 is 0 Å². The molecule has 2 heterocycles. The second-order valence-electron chi connectivity index (χ2n) is 6.22. The highest BCUT2D eigenvalue weighted by molar-refractivity contribution is 8.26. The van der Waals surface area contributed by atoms with Gasteiger partial charge in [-0.1, -0.05) is 42.5 Å². The van der Waals surface area contributed by atoms with Gasteiger partial charge in [-0.05, 0) is 48.6 Å². The summed E-state index contributed by atoms with van der Waals surface area (Å²) >= 11 is 8.24. The number of carbonyl (C=O) groups is 2. The smallest absolute Gasteiger partial charge is 0.266 e. The molecule has 1 aliphatic heterocycles. The van der Waals surface area contributed by atoms with E-state index in [1.165, 1.54) is 23.9 Å². The second-order valence-corrected chi connectivity index (χ2v) is 8.87. The first-order chi connectivity index (χ1) is 13.5. The number of thiocarbonyl (C=S) groups is 1. The SMILES string of the molecule is O=C(CCCCCN1C(=O)C(=Cc2cccs2)SC1=S)Nc1cccc(F)c1. The lowest BCUT2D eigenvalue weighted by Crippen LogP contribution is -2.29. The van der Waals surface area contributed by atoms with Crippen LogP contribution in [0.1, 0.15) is 30.6 Å². The van der Waals surface area contributed by atoms with Gasteiger partial charge in [-0.3, -0.25) is 14.5 Å². The van der Waals surface area contributed by atoms with Gasteiger partial charge in [0.1, 0.15) is 10.1 Å². The number of rotatable bonds is 8. The molecule has 8 heteroatoms. The Labute approximate surface area is 176 Å². The van der Waals surface area contributed by atoms with E-state index in [9.17, 15) is 14.0 Å². The molecule has 3 rings (SSSR count). The maximum Gasteiger partial charge on any atom is 0.266 e. The lowest BCUT2D eigenvalue weighted by Gasteiger charge is -2.14. The fourth-order valence-electron chi connectivity index (χ4n) is 2.72. The van der Waals surface area contributed by atoms with Crippen LogP contribution in [0.15, 0.2) is 46.7 Å². The normalized spacial score (nSPS) is 15.5. The van der Waals surface area contributed by atoms with E-state index in [2.05, 4.69) is 5.32 Å². The predicted octanol–water partition coefficient (Wildman–Crippen LogP) is 5.29. The molecule has 0 saturated carbocycles. The molecule has 1 saturated heterocycles. The van der Waals surface area contributed by atoms with E-state index >= 15 is 0 Å². The predicted molar refractivity (Wildman–Crippen MR) is 118 cm³/mol. The molecule has 0 atom stereocenters. The molecular formula is C20H19FN2O2S3. The van der Waals surface area contributed by atoms with Crippen molar-refractivity contribution < 1.29 is 14.0 Å². The van der Waals surface area contributed by atoms with E-state index in [-0.39, 0.29) is 17.6 Å². The van der Waals surface area contributed by atoms with Gasteiger partial charge in [0.25, 0.3) is 5.91 Å². The molecule has 0 aliphatic carbocycles. The number of nitrogens with zero attached hydrogens (tertiary/aromatic N) is 1. The van der Waals surface area contributed by atoms with Crippen LogP contribution in [0.25, 0.3) is 6.08 Å². The van der Waals surface area contributed by atoms with Gasteiger partial charge in [-0.15, -0.1) is 11.3 Å². The highest BCUT2D eigenvalue weighted by atomic mass is 32.2. The number of anilines is 1. The number of thioether (sulfide) groups is 1. The summed E-state index contributed by atoms with van der Waals surface area (Å²) in [5.74, 6) is -0.572. The van der Waals surface area contributed by atoms with Crippen LogP contribution in [0, 0.1) is 5.82 Å². The van der Waals surface area contributed by atoms with Gasteiger partial charge in [0, 0.05) is 23.5 Å². The minimum atomic E-state index is -0.380. The number of benzene rings is 1. The van der Waals surface area contributed by atoms with Crippen LogP contribution < -0.4 is 5.32 Å². The lowest BCUT2D eigenvalue weighted by atomic mass is 10.1. The average Bonchev–Trinajstić information content (AvgIpc) is 3.25. The molecule has 1 aromatic carbocycles. The van der Waals surface area contributed by atoms with Gasteiger partial charge in [-0.2, -0.15) is 0 Å². The van der Waals surface area contributed by atoms with E-state index in [0.29, 0.717) is 34.3 Å². The number of thiophene rings is 1. The summed E-state index contributed by atoms with van der Waals surface area (Å²) in [6, 6.07) is 9.74. The van der Waals surface area contributed by atoms with Gasteiger partial charge in [0.2, 0.25) is 5.91 Å². The Morgan fingerprint density at radius 3 is 2.82 bits per heavy atom. The van der Waals surface area contributed by atoms with E-state index in [4.69, 9.17) is 12.2 Å². The zero-order valence-corrected chi connectivity index (χ0v) is 17.5. The Hall–Kier alpha value is -2.03. The molecule has 1 fully saturated rings. The molecule has 28 heavy (non-hydrogen) atoms. The van der Waals surface area contributed by atoms with Crippen molar-refractivity contribution >= 4 is 63.2 Å². The summed E-state index contributed by atoms with van der Waals surface area (Å²) in [4.78, 5) is 27.7. The largest absolute Gasteiger partial charge is 0.326 e. The molecular weight excluding hydrogens is 415 g/mol. The number of hydrogen-bond donors (Lipinski definition) is 1. The molecule has 4 nitrogen and oxygen atoms in total. The molecule has 2 amide bonds. The zero-order chi connectivity index (χ0) is 19.9. The van der Waals surface area contributed by atoms with Gasteiger partial charge in [0.05, 0.1) is 4.91 Å². The summed E-state index contributed by atoms with van der Waals surface area (Å²) in [6.07, 6.45) is 4.50. The number of carbonyl (C=O) groups excluding carboxylic acids is 2. The van der Waals surface area contributed by atoms with Crippen LogP contribution in [0.2, 0.25) is 0 Å². The molecule has 1 aliphatic rings. The van der Waals surface area contributed by atoms with Crippen LogP contribution >= 0.6 is 35.3 Å². The van der Waals surface area contributed by atoms with Crippen LogP contribution in [0.4, 0.5) is 10.1 Å². The van der Waals surface area contributed by atoms with E-state index in [0.717, 1.165) is 17.7 Å². The zero-order valence-electron chi connectivity index (χ0n) is 15.0. The third kappa shape index (κ3) is 5.73. The molecule has 0 radical (unpaired) electrons. The van der Waals surface area contributed by atoms with E-state index in [1.807, 2.05) is 23.6 Å². The third-order valence-electron chi connectivity index (χ3n) is 4.08. The topological polar surface area (TPSA) is 49.4 Å². The number of nitrogens with one attached hydrogen (secondary N) is 1. The van der Waals surface area contributed by atoms with Crippen LogP contribution in [0.5, 0.6) is 0 Å². The van der Waals surface area contributed by atoms with Crippen molar-refractivity contribution in [2.75, 3.05) is 11.9 Å². The summed E-state index contributed by atoms with van der Waals surface area (Å²) in [5.41, 5.74) is 0.458. The van der Waals surface area contributed by atoms with Crippen molar-refractivity contribution in [3.8, 4) is 0 Å². The fourth-order valence-corrected chi connectivity index (χ4v) is 4.75. The summed E-state index contributed by atoms with van der Waals surface area (Å²) in [7, 11) is 0. The Morgan fingerprint density at radius 2 is 2.07 bits per heavy atom. The summed E-state index contributed by atoms with van der Waals surface area (Å²) in [5, 5.41) is 4.65. The maximum atomic E-state index is 13.1. The van der Waals surface area contributed by atoms with Crippen molar-refractivity contribution in [1.82, 2.24) is 4.90 Å². The molecule has 1 N–H and O–H groups in total. The van der Waals surface area contributed by atoms with Gasteiger partial charge in [0.15, 0.2) is 0 Å². The standard InChI is InChI=1S/C20H19FN2O2S3/c21-14-6-4-7-15(12-14)22-18(24)9-2-1-3-10-23-19(25)17(28-20(23)26)13-16-8-5-11-27-16/h4-8,11-13H,1-3,9-10H2,(H,22,24). The first kappa shape index (κ1) is 20.7. The van der Waals surface area contributed by atoms with Crippen molar-refractivity contribution in [2.45, 2.75) is 25.7 Å². The minimum Gasteiger partial charge on any atom is -0.326 e. The molecule has 0 spiro atoms. The van der Waals surface area contributed by atoms with Gasteiger partial charge in [-0.25, -0.2) is 4.39 Å². The van der Waals surface area contributed by atoms with Crippen LogP contribution in [-0.4, -0.2) is 27.6 Å². The van der Waals surface area contributed by atoms with Crippen LogP contribution in [0.3, 0.4) is 0 Å². The highest BCUT2D eigenvalue weighted by Crippen LogP contribution is 2.33. The minimum absolute atomic E-state index is 0.0488. The fraction of sp³-hybridized carbons (Fsp3) is 0.250. The molecule has 2 aromatic rings. The molecule has 0 bridgehead atoms. The number of unbranched alkanes of at least 4 members (excludes halogenated alkanes) is 2. The van der Waals surface area contributed by atoms with Crippen molar-refractivity contribution in [3.05, 3.63) is 57.4 Å².